The zero-order valence-corrected chi connectivity index (χ0v) is 16.8. The van der Waals surface area contributed by atoms with Crippen molar-refractivity contribution in [1.29, 1.82) is 0 Å². The fourth-order valence-corrected chi connectivity index (χ4v) is 2.41. The van der Waals surface area contributed by atoms with Crippen LogP contribution in [0.2, 0.25) is 0 Å². The molecule has 1 amide bonds. The van der Waals surface area contributed by atoms with Gasteiger partial charge < -0.3 is 25.1 Å². The van der Waals surface area contributed by atoms with Crippen molar-refractivity contribution < 1.29 is 34.5 Å². The first-order chi connectivity index (χ1) is 13.6. The first-order valence-corrected chi connectivity index (χ1v) is 8.39. The van der Waals surface area contributed by atoms with E-state index in [0.29, 0.717) is 30.1 Å². The lowest BCUT2D eigenvalue weighted by molar-refractivity contribution is -0.137. The number of likely N-dealkylation sites (N-methyl/N-ethyl adjacent to an activating group) is 1. The maximum atomic E-state index is 12.9. The number of fused-ring (bicyclic) bond motifs is 1. The first kappa shape index (κ1) is 25.5. The van der Waals surface area contributed by atoms with Gasteiger partial charge in [0.05, 0.1) is 5.69 Å². The molecule has 0 aromatic carbocycles. The fourth-order valence-electron chi connectivity index (χ4n) is 2.41. The number of carboxylic acids is 1. The smallest absolute Gasteiger partial charge is 0.323 e. The van der Waals surface area contributed by atoms with E-state index in [0.717, 1.165) is 5.56 Å². The number of hydrogen-bond donors (Lipinski definition) is 3. The van der Waals surface area contributed by atoms with Crippen molar-refractivity contribution in [2.75, 3.05) is 33.7 Å². The predicted molar refractivity (Wildman–Crippen MR) is 104 cm³/mol. The van der Waals surface area contributed by atoms with Crippen LogP contribution in [0.15, 0.2) is 18.3 Å². The standard InChI is InChI=1S/C16H22N4O3.2CH2O2/c1-11-5-6-13-17-12(2)15(20(13)9-11)16(23)19(10-14(21)22)8-7-18(3)4;2*2-1-3/h5-6,9H,7-8,10H2,1-4H3,(H,21,22);2*1H,(H,2,3). The summed E-state index contributed by atoms with van der Waals surface area (Å²) in [6.45, 7) is 3.81. The number of amides is 1. The molecule has 0 aliphatic carbocycles. The van der Waals surface area contributed by atoms with Gasteiger partial charge in [-0.2, -0.15) is 0 Å². The SMILES string of the molecule is Cc1ccc2nc(C)c(C(=O)N(CCN(C)C)CC(=O)O)n2c1.O=CO.O=CO. The molecule has 2 aromatic rings. The largest absolute Gasteiger partial charge is 0.483 e. The molecule has 29 heavy (non-hydrogen) atoms. The van der Waals surface area contributed by atoms with E-state index in [1.807, 2.05) is 44.2 Å². The minimum absolute atomic E-state index is 0.250. The van der Waals surface area contributed by atoms with Crippen LogP contribution in [0.5, 0.6) is 0 Å². The molecule has 0 aliphatic heterocycles. The van der Waals surface area contributed by atoms with Crippen molar-refractivity contribution in [3.8, 4) is 0 Å². The van der Waals surface area contributed by atoms with Gasteiger partial charge in [0.15, 0.2) is 0 Å². The van der Waals surface area contributed by atoms with Gasteiger partial charge in [-0.25, -0.2) is 4.98 Å². The van der Waals surface area contributed by atoms with Crippen LogP contribution >= 0.6 is 0 Å². The van der Waals surface area contributed by atoms with Gasteiger partial charge >= 0.3 is 5.97 Å². The van der Waals surface area contributed by atoms with Crippen LogP contribution in [0.4, 0.5) is 0 Å². The number of nitrogens with zero attached hydrogens (tertiary/aromatic N) is 4. The quantitative estimate of drug-likeness (QED) is 0.576. The number of pyridine rings is 1. The summed E-state index contributed by atoms with van der Waals surface area (Å²) < 4.78 is 1.73. The van der Waals surface area contributed by atoms with Crippen LogP contribution in [-0.2, 0) is 14.4 Å². The Bertz CT molecular complexity index is 827. The third kappa shape index (κ3) is 8.39. The summed E-state index contributed by atoms with van der Waals surface area (Å²) in [5.74, 6) is -1.34. The van der Waals surface area contributed by atoms with E-state index in [-0.39, 0.29) is 25.4 Å². The van der Waals surface area contributed by atoms with Crippen LogP contribution in [0.1, 0.15) is 21.7 Å². The molecule has 2 aromatic heterocycles. The second kappa shape index (κ2) is 12.8. The zero-order chi connectivity index (χ0) is 22.6. The summed E-state index contributed by atoms with van der Waals surface area (Å²) in [6, 6.07) is 3.78. The van der Waals surface area contributed by atoms with Crippen molar-refractivity contribution in [1.82, 2.24) is 19.2 Å². The number of imidazole rings is 1. The highest BCUT2D eigenvalue weighted by Crippen LogP contribution is 2.15. The Balaban J connectivity index is 0.00000116. The topological polar surface area (TPSA) is 153 Å². The van der Waals surface area contributed by atoms with Gasteiger partial charge in [0.1, 0.15) is 17.9 Å². The average molecular weight is 410 g/mol. The Kier molecular flexibility index (Phi) is 11.3. The third-order valence-corrected chi connectivity index (χ3v) is 3.57. The minimum atomic E-state index is -1.03. The molecular formula is C18H26N4O7. The highest BCUT2D eigenvalue weighted by Gasteiger charge is 2.24. The number of aliphatic carboxylic acids is 1. The van der Waals surface area contributed by atoms with E-state index in [9.17, 15) is 9.59 Å². The molecule has 0 saturated carbocycles. The van der Waals surface area contributed by atoms with Crippen LogP contribution in [0.25, 0.3) is 5.65 Å². The van der Waals surface area contributed by atoms with Crippen LogP contribution in [0.3, 0.4) is 0 Å². The van der Waals surface area contributed by atoms with Crippen molar-refractivity contribution in [3.63, 3.8) is 0 Å². The Morgan fingerprint density at radius 2 is 1.66 bits per heavy atom. The molecule has 0 saturated heterocycles. The van der Waals surface area contributed by atoms with Crippen LogP contribution in [-0.4, -0.2) is 93.1 Å². The van der Waals surface area contributed by atoms with Gasteiger partial charge in [-0.15, -0.1) is 0 Å². The Labute approximate surface area is 167 Å². The summed E-state index contributed by atoms with van der Waals surface area (Å²) in [6.07, 6.45) is 1.84. The second-order valence-corrected chi connectivity index (χ2v) is 6.12. The van der Waals surface area contributed by atoms with E-state index in [1.165, 1.54) is 4.90 Å². The number of carbonyl (C=O) groups excluding carboxylic acids is 1. The van der Waals surface area contributed by atoms with E-state index in [4.69, 9.17) is 24.9 Å². The highest BCUT2D eigenvalue weighted by atomic mass is 16.4. The Morgan fingerprint density at radius 3 is 2.14 bits per heavy atom. The van der Waals surface area contributed by atoms with E-state index >= 15 is 0 Å². The molecule has 0 radical (unpaired) electrons. The molecule has 0 atom stereocenters. The number of carboxylic acid groups (broad SMARTS) is 3. The maximum absolute atomic E-state index is 12.9. The predicted octanol–water partition coefficient (Wildman–Crippen LogP) is 0.441. The van der Waals surface area contributed by atoms with Crippen molar-refractivity contribution in [2.24, 2.45) is 0 Å². The summed E-state index contributed by atoms with van der Waals surface area (Å²) >= 11 is 0. The normalized spacial score (nSPS) is 9.69. The van der Waals surface area contributed by atoms with E-state index in [2.05, 4.69) is 4.98 Å². The van der Waals surface area contributed by atoms with Crippen molar-refractivity contribution in [2.45, 2.75) is 13.8 Å². The lowest BCUT2D eigenvalue weighted by atomic mass is 10.2. The molecular weight excluding hydrogens is 384 g/mol. The Morgan fingerprint density at radius 1 is 1.10 bits per heavy atom. The maximum Gasteiger partial charge on any atom is 0.323 e. The molecule has 0 unspecified atom stereocenters. The van der Waals surface area contributed by atoms with Gasteiger partial charge in [0, 0.05) is 19.3 Å². The summed E-state index contributed by atoms with van der Waals surface area (Å²) in [7, 11) is 3.76. The van der Waals surface area contributed by atoms with Crippen molar-refractivity contribution >= 4 is 30.5 Å². The molecule has 160 valence electrons. The van der Waals surface area contributed by atoms with Gasteiger partial charge in [-0.1, -0.05) is 6.07 Å². The molecule has 0 fully saturated rings. The van der Waals surface area contributed by atoms with Gasteiger partial charge in [-0.3, -0.25) is 23.6 Å². The molecule has 11 heteroatoms. The molecule has 2 heterocycles. The summed E-state index contributed by atoms with van der Waals surface area (Å²) in [4.78, 5) is 48.4. The average Bonchev–Trinajstić information content (AvgIpc) is 2.94. The number of aryl methyl sites for hydroxylation is 2. The number of carbonyl (C=O) groups is 4. The molecule has 0 spiro atoms. The summed E-state index contributed by atoms with van der Waals surface area (Å²) in [5.41, 5.74) is 2.70. The van der Waals surface area contributed by atoms with Crippen LogP contribution < -0.4 is 0 Å². The summed E-state index contributed by atoms with van der Waals surface area (Å²) in [5, 5.41) is 22.9. The number of rotatable bonds is 6. The molecule has 2 rings (SSSR count). The van der Waals surface area contributed by atoms with Gasteiger partial charge in [-0.05, 0) is 39.6 Å². The monoisotopic (exact) mass is 410 g/mol. The zero-order valence-electron chi connectivity index (χ0n) is 16.8. The minimum Gasteiger partial charge on any atom is -0.483 e. The van der Waals surface area contributed by atoms with Gasteiger partial charge in [0.2, 0.25) is 0 Å². The lowest BCUT2D eigenvalue weighted by Crippen LogP contribution is -2.40. The lowest BCUT2D eigenvalue weighted by Gasteiger charge is -2.22. The molecule has 0 aliphatic rings. The second-order valence-electron chi connectivity index (χ2n) is 6.12. The molecule has 11 nitrogen and oxygen atoms in total. The number of hydrogen-bond acceptors (Lipinski definition) is 6. The van der Waals surface area contributed by atoms with Crippen LogP contribution in [0, 0.1) is 13.8 Å². The fraction of sp³-hybridized carbons (Fsp3) is 0.389. The van der Waals surface area contributed by atoms with E-state index in [1.54, 1.807) is 11.3 Å². The first-order valence-electron chi connectivity index (χ1n) is 8.39. The highest BCUT2D eigenvalue weighted by molar-refractivity contribution is 5.96. The Hall–Kier alpha value is -3.47. The van der Waals surface area contributed by atoms with Crippen molar-refractivity contribution in [3.05, 3.63) is 35.3 Å². The molecule has 0 bridgehead atoms. The van der Waals surface area contributed by atoms with E-state index < -0.39 is 5.97 Å². The molecule has 3 N–H and O–H groups in total. The number of aromatic nitrogens is 2. The van der Waals surface area contributed by atoms with Gasteiger partial charge in [0.25, 0.3) is 18.9 Å². The third-order valence-electron chi connectivity index (χ3n) is 3.57.